The Hall–Kier alpha value is -4.63. The molecule has 1 amide bonds. The zero-order chi connectivity index (χ0) is 30.6. The summed E-state index contributed by atoms with van der Waals surface area (Å²) in [5.74, 6) is 0.834. The molecule has 43 heavy (non-hydrogen) atoms. The summed E-state index contributed by atoms with van der Waals surface area (Å²) < 4.78 is 22.9. The van der Waals surface area contributed by atoms with Crippen molar-refractivity contribution in [1.82, 2.24) is 4.98 Å². The van der Waals surface area contributed by atoms with Crippen molar-refractivity contribution in [3.8, 4) is 28.5 Å². The predicted molar refractivity (Wildman–Crippen MR) is 164 cm³/mol. The fraction of sp³-hybridized carbons (Fsp3) is 0.324. The molecule has 0 saturated heterocycles. The molecule has 9 nitrogen and oxygen atoms in total. The number of esters is 1. The molecule has 0 radical (unpaired) electrons. The molecule has 3 aromatic carbocycles. The Morgan fingerprint density at radius 3 is 2.58 bits per heavy atom. The van der Waals surface area contributed by atoms with Gasteiger partial charge in [-0.3, -0.25) is 4.79 Å². The first-order valence-corrected chi connectivity index (χ1v) is 14.5. The lowest BCUT2D eigenvalue weighted by Crippen LogP contribution is -2.49. The first-order chi connectivity index (χ1) is 20.7. The maximum Gasteiger partial charge on any atom is 0.369 e. The Morgan fingerprint density at radius 2 is 1.81 bits per heavy atom. The number of aryl methyl sites for hydroxylation is 1. The van der Waals surface area contributed by atoms with Crippen molar-refractivity contribution in [1.29, 1.82) is 0 Å². The van der Waals surface area contributed by atoms with Gasteiger partial charge in [-0.05, 0) is 65.8 Å². The number of aromatic nitrogens is 1. The van der Waals surface area contributed by atoms with Crippen molar-refractivity contribution in [3.63, 3.8) is 0 Å². The molecule has 0 bridgehead atoms. The number of fused-ring (bicyclic) bond motifs is 2. The number of pyridine rings is 1. The van der Waals surface area contributed by atoms with Gasteiger partial charge in [0.2, 0.25) is 24.6 Å². The molecule has 1 atom stereocenters. The van der Waals surface area contributed by atoms with Crippen molar-refractivity contribution in [2.24, 2.45) is 5.73 Å². The van der Waals surface area contributed by atoms with E-state index >= 15 is 0 Å². The monoisotopic (exact) mass is 584 g/mol. The van der Waals surface area contributed by atoms with Crippen LogP contribution in [0.3, 0.4) is 0 Å². The van der Waals surface area contributed by atoms with Gasteiger partial charge in [-0.2, -0.15) is 0 Å². The molecule has 5 rings (SSSR count). The van der Waals surface area contributed by atoms with E-state index in [-0.39, 0.29) is 11.3 Å². The molecule has 9 heteroatoms. The highest BCUT2D eigenvalue weighted by Gasteiger charge is 2.39. The molecule has 1 aromatic heterocycles. The van der Waals surface area contributed by atoms with Crippen LogP contribution in [0.5, 0.6) is 17.4 Å². The lowest BCUT2D eigenvalue weighted by atomic mass is 9.91. The molecule has 0 fully saturated rings. The number of rotatable bonds is 12. The Labute approximate surface area is 251 Å². The third-order valence-corrected chi connectivity index (χ3v) is 7.89. The predicted octanol–water partition coefficient (Wildman–Crippen LogP) is 5.44. The number of hydrogen-bond donors (Lipinski definition) is 1. The number of hydrogen-bond acceptors (Lipinski definition) is 7. The van der Waals surface area contributed by atoms with E-state index in [1.807, 2.05) is 50.5 Å². The third-order valence-electron chi connectivity index (χ3n) is 7.89. The summed E-state index contributed by atoms with van der Waals surface area (Å²) in [6.07, 6.45) is 3.02. The number of carbonyl (C=O) groups excluding carboxylic acids is 2. The maximum atomic E-state index is 13.5. The van der Waals surface area contributed by atoms with E-state index in [1.54, 1.807) is 18.2 Å². The van der Waals surface area contributed by atoms with Crippen molar-refractivity contribution in [3.05, 3.63) is 83.6 Å². The van der Waals surface area contributed by atoms with Crippen LogP contribution in [0.4, 0.5) is 0 Å². The average Bonchev–Trinajstić information content (AvgIpc) is 3.48. The minimum atomic E-state index is -0.739. The van der Waals surface area contributed by atoms with Crippen LogP contribution >= 0.6 is 0 Å². The second kappa shape index (κ2) is 12.7. The van der Waals surface area contributed by atoms with Gasteiger partial charge in [0.1, 0.15) is 13.2 Å². The smallest absolute Gasteiger partial charge is 0.369 e. The van der Waals surface area contributed by atoms with Gasteiger partial charge in [-0.25, -0.2) is 9.78 Å². The number of unbranched alkanes of at least 4 members (excludes halogenated alkanes) is 1. The van der Waals surface area contributed by atoms with Crippen LogP contribution < -0.4 is 19.9 Å². The van der Waals surface area contributed by atoms with E-state index in [0.717, 1.165) is 41.3 Å². The molecule has 224 valence electrons. The normalized spacial score (nSPS) is 13.1. The molecule has 4 aromatic rings. The Bertz CT molecular complexity index is 1650. The van der Waals surface area contributed by atoms with Gasteiger partial charge >= 0.3 is 5.97 Å². The molecule has 0 aliphatic carbocycles. The quantitative estimate of drug-likeness (QED) is 0.174. The molecule has 0 saturated carbocycles. The van der Waals surface area contributed by atoms with Gasteiger partial charge in [0.25, 0.3) is 0 Å². The first-order valence-electron chi connectivity index (χ1n) is 14.5. The fourth-order valence-corrected chi connectivity index (χ4v) is 5.49. The number of likely N-dealkylation sites (N-methyl/N-ethyl adjacent to an activating group) is 1. The van der Waals surface area contributed by atoms with Gasteiger partial charge < -0.3 is 29.2 Å². The standard InChI is InChI=1S/C34H37N3O6/c1-5-6-10-25-18-22-9-7-8-11-26(22)33(36-25)41-17-16-37(2,3)31(34(39)40-4)27-14-12-24(32(35)38)19-28(27)23-13-15-29-30(20-23)43-21-42-29/h7-9,11-15,18-20,31H,5-6,10,16-17,21H2,1-4H3,(H-,35,38)/p+1/t31-/m1/s1. The van der Waals surface area contributed by atoms with Crippen LogP contribution in [0.25, 0.3) is 21.9 Å². The van der Waals surface area contributed by atoms with Gasteiger partial charge in [0, 0.05) is 22.2 Å². The number of nitrogens with two attached hydrogens (primary N) is 1. The molecule has 2 N–H and O–H groups in total. The lowest BCUT2D eigenvalue weighted by Gasteiger charge is -2.37. The first kappa shape index (κ1) is 29.8. The topological polar surface area (TPSA) is 110 Å². The summed E-state index contributed by atoms with van der Waals surface area (Å²) >= 11 is 0. The highest BCUT2D eigenvalue weighted by Crippen LogP contribution is 2.40. The molecule has 2 heterocycles. The molecular weight excluding hydrogens is 546 g/mol. The van der Waals surface area contributed by atoms with Gasteiger partial charge in [-0.15, -0.1) is 0 Å². The molecule has 0 unspecified atom stereocenters. The van der Waals surface area contributed by atoms with E-state index in [1.165, 1.54) is 7.11 Å². The lowest BCUT2D eigenvalue weighted by molar-refractivity contribution is -0.912. The molecule has 1 aliphatic rings. The van der Waals surface area contributed by atoms with Crippen LogP contribution in [0.1, 0.15) is 47.4 Å². The fourth-order valence-electron chi connectivity index (χ4n) is 5.49. The van der Waals surface area contributed by atoms with E-state index in [9.17, 15) is 9.59 Å². The number of quaternary nitrogens is 1. The van der Waals surface area contributed by atoms with Gasteiger partial charge in [-0.1, -0.05) is 43.7 Å². The highest BCUT2D eigenvalue weighted by molar-refractivity contribution is 5.95. The number of primary amides is 1. The average molecular weight is 585 g/mol. The molecular formula is C34H38N3O6+. The maximum absolute atomic E-state index is 13.5. The van der Waals surface area contributed by atoms with Crippen LogP contribution in [0, 0.1) is 0 Å². The summed E-state index contributed by atoms with van der Waals surface area (Å²) in [5, 5.41) is 2.03. The van der Waals surface area contributed by atoms with Crippen LogP contribution in [-0.2, 0) is 16.0 Å². The minimum absolute atomic E-state index is 0.132. The van der Waals surface area contributed by atoms with Crippen molar-refractivity contribution >= 4 is 22.6 Å². The van der Waals surface area contributed by atoms with Gasteiger partial charge in [0.15, 0.2) is 11.5 Å². The van der Waals surface area contributed by atoms with Crippen molar-refractivity contribution in [2.75, 3.05) is 41.1 Å². The highest BCUT2D eigenvalue weighted by atomic mass is 16.7. The van der Waals surface area contributed by atoms with E-state index < -0.39 is 17.9 Å². The summed E-state index contributed by atoms with van der Waals surface area (Å²) in [5.41, 5.74) is 9.09. The second-order valence-electron chi connectivity index (χ2n) is 11.3. The number of carbonyl (C=O) groups is 2. The van der Waals surface area contributed by atoms with Crippen molar-refractivity contribution < 1.29 is 33.0 Å². The van der Waals surface area contributed by atoms with Crippen LogP contribution in [-0.4, -0.2) is 62.5 Å². The zero-order valence-electron chi connectivity index (χ0n) is 25.1. The number of ether oxygens (including phenoxy) is 4. The van der Waals surface area contributed by atoms with Crippen molar-refractivity contribution in [2.45, 2.75) is 32.2 Å². The second-order valence-corrected chi connectivity index (χ2v) is 11.3. The van der Waals surface area contributed by atoms with Crippen LogP contribution in [0.15, 0.2) is 66.7 Å². The van der Waals surface area contributed by atoms with Crippen LogP contribution in [0.2, 0.25) is 0 Å². The Balaban J connectivity index is 1.47. The Kier molecular flexibility index (Phi) is 8.82. The number of nitrogens with zero attached hydrogens (tertiary/aromatic N) is 2. The summed E-state index contributed by atoms with van der Waals surface area (Å²) in [4.78, 5) is 30.5. The third kappa shape index (κ3) is 6.41. The summed E-state index contributed by atoms with van der Waals surface area (Å²) in [6.45, 7) is 3.07. The van der Waals surface area contributed by atoms with E-state index in [4.69, 9.17) is 29.7 Å². The minimum Gasteiger partial charge on any atom is -0.471 e. The SMILES string of the molecule is CCCCc1cc2ccccc2c(OCC[N+](C)(C)[C@@H](C(=O)OC)c2ccc(C(N)=O)cc2-c2ccc3c(c2)OCO3)n1. The van der Waals surface area contributed by atoms with Gasteiger partial charge in [0.05, 0.1) is 21.2 Å². The number of amides is 1. The molecule has 0 spiro atoms. The summed E-state index contributed by atoms with van der Waals surface area (Å²) in [7, 11) is 5.29. The largest absolute Gasteiger partial charge is 0.471 e. The number of benzene rings is 3. The zero-order valence-corrected chi connectivity index (χ0v) is 25.1. The number of methoxy groups -OCH3 is 1. The Morgan fingerprint density at radius 1 is 1.02 bits per heavy atom. The van der Waals surface area contributed by atoms with E-state index in [2.05, 4.69) is 19.1 Å². The van der Waals surface area contributed by atoms with E-state index in [0.29, 0.717) is 47.2 Å². The summed E-state index contributed by atoms with van der Waals surface area (Å²) in [6, 6.07) is 20.1. The molecule has 1 aliphatic heterocycles.